The van der Waals surface area contributed by atoms with E-state index in [4.69, 9.17) is 16.3 Å². The highest BCUT2D eigenvalue weighted by molar-refractivity contribution is 8.00. The summed E-state index contributed by atoms with van der Waals surface area (Å²) in [6, 6.07) is 13.6. The van der Waals surface area contributed by atoms with Crippen molar-refractivity contribution in [2.75, 3.05) is 12.4 Å². The average molecular weight is 503 g/mol. The van der Waals surface area contributed by atoms with E-state index >= 15 is 0 Å². The number of anilines is 1. The second-order valence-electron chi connectivity index (χ2n) is 7.25. The molecule has 9 heteroatoms. The third kappa shape index (κ3) is 6.79. The van der Waals surface area contributed by atoms with Crippen LogP contribution in [0.5, 0.6) is 5.75 Å². The fourth-order valence-electron chi connectivity index (χ4n) is 3.02. The molecule has 1 atom stereocenters. The van der Waals surface area contributed by atoms with Gasteiger partial charge in [0.2, 0.25) is 5.91 Å². The van der Waals surface area contributed by atoms with Gasteiger partial charge < -0.3 is 14.6 Å². The Kier molecular flexibility index (Phi) is 9.29. The molecule has 1 heterocycles. The lowest BCUT2D eigenvalue weighted by molar-refractivity contribution is -0.115. The lowest BCUT2D eigenvalue weighted by Gasteiger charge is -2.15. The van der Waals surface area contributed by atoms with E-state index in [9.17, 15) is 4.79 Å². The Morgan fingerprint density at radius 3 is 2.67 bits per heavy atom. The lowest BCUT2D eigenvalue weighted by atomic mass is 10.2. The highest BCUT2D eigenvalue weighted by Crippen LogP contribution is 2.30. The average Bonchev–Trinajstić information content (AvgIpc) is 3.18. The Balaban J connectivity index is 1.70. The van der Waals surface area contributed by atoms with Crippen LogP contribution in [-0.2, 0) is 17.1 Å². The van der Waals surface area contributed by atoms with Crippen LogP contribution in [0.1, 0.15) is 24.7 Å². The van der Waals surface area contributed by atoms with E-state index in [0.717, 1.165) is 5.82 Å². The largest absolute Gasteiger partial charge is 0.495 e. The molecule has 0 radical (unpaired) electrons. The van der Waals surface area contributed by atoms with Crippen molar-refractivity contribution in [3.63, 3.8) is 0 Å². The molecule has 174 valence electrons. The van der Waals surface area contributed by atoms with Gasteiger partial charge in [0, 0.05) is 17.1 Å². The van der Waals surface area contributed by atoms with Crippen LogP contribution in [0.25, 0.3) is 0 Å². The molecule has 0 aliphatic heterocycles. The maximum Gasteiger partial charge on any atom is 0.237 e. The van der Waals surface area contributed by atoms with Crippen molar-refractivity contribution in [2.45, 2.75) is 47.9 Å². The molecule has 1 unspecified atom stereocenters. The topological polar surface area (TPSA) is 69.0 Å². The highest BCUT2D eigenvalue weighted by Gasteiger charge is 2.23. The summed E-state index contributed by atoms with van der Waals surface area (Å²) in [5.74, 6) is 1.97. The molecule has 33 heavy (non-hydrogen) atoms. The lowest BCUT2D eigenvalue weighted by Crippen LogP contribution is -2.25. The number of ether oxygens (including phenoxy) is 1. The van der Waals surface area contributed by atoms with Gasteiger partial charge in [-0.2, -0.15) is 0 Å². The number of thioether (sulfide) groups is 2. The number of carbonyl (C=O) groups excluding carboxylic acids is 1. The van der Waals surface area contributed by atoms with Gasteiger partial charge in [-0.25, -0.2) is 0 Å². The van der Waals surface area contributed by atoms with E-state index in [0.29, 0.717) is 40.3 Å². The van der Waals surface area contributed by atoms with Crippen LogP contribution >= 0.6 is 35.1 Å². The number of hydrogen-bond acceptors (Lipinski definition) is 6. The summed E-state index contributed by atoms with van der Waals surface area (Å²) >= 11 is 9.29. The molecule has 0 aliphatic carbocycles. The summed E-state index contributed by atoms with van der Waals surface area (Å²) in [5.41, 5.74) is 1.85. The number of methoxy groups -OCH3 is 1. The van der Waals surface area contributed by atoms with E-state index in [2.05, 4.69) is 53.3 Å². The first-order valence-corrected chi connectivity index (χ1v) is 12.7. The van der Waals surface area contributed by atoms with Crippen molar-refractivity contribution < 1.29 is 9.53 Å². The predicted octanol–water partition coefficient (Wildman–Crippen LogP) is 6.24. The number of amides is 1. The van der Waals surface area contributed by atoms with Crippen LogP contribution < -0.4 is 10.1 Å². The molecule has 0 spiro atoms. The minimum Gasteiger partial charge on any atom is -0.495 e. The van der Waals surface area contributed by atoms with E-state index in [1.54, 1.807) is 37.1 Å². The van der Waals surface area contributed by atoms with Crippen molar-refractivity contribution in [2.24, 2.45) is 0 Å². The number of aromatic nitrogens is 3. The number of halogens is 1. The van der Waals surface area contributed by atoms with Crippen molar-refractivity contribution in [3.8, 4) is 5.75 Å². The van der Waals surface area contributed by atoms with Crippen molar-refractivity contribution in [1.82, 2.24) is 14.8 Å². The van der Waals surface area contributed by atoms with Crippen LogP contribution in [-0.4, -0.2) is 33.0 Å². The third-order valence-corrected chi connectivity index (χ3v) is 7.47. The fraction of sp³-hybridized carbons (Fsp3) is 0.292. The number of allylic oxidation sites excluding steroid dienone is 1. The Morgan fingerprint density at radius 2 is 2.03 bits per heavy atom. The molecule has 0 saturated heterocycles. The Bertz CT molecular complexity index is 1100. The van der Waals surface area contributed by atoms with Crippen molar-refractivity contribution >= 4 is 46.7 Å². The van der Waals surface area contributed by atoms with Crippen molar-refractivity contribution in [1.29, 1.82) is 0 Å². The molecule has 3 rings (SSSR count). The van der Waals surface area contributed by atoms with Crippen molar-refractivity contribution in [3.05, 3.63) is 71.5 Å². The molecule has 1 amide bonds. The van der Waals surface area contributed by atoms with E-state index in [-0.39, 0.29) is 11.2 Å². The molecule has 0 fully saturated rings. The molecule has 0 bridgehead atoms. The Morgan fingerprint density at radius 1 is 1.27 bits per heavy atom. The number of carbonyl (C=O) groups is 1. The molecule has 3 aromatic rings. The number of hydrogen-bond donors (Lipinski definition) is 1. The zero-order valence-electron chi connectivity index (χ0n) is 18.9. The maximum atomic E-state index is 12.9. The van der Waals surface area contributed by atoms with Gasteiger partial charge in [0.25, 0.3) is 0 Å². The molecule has 2 aromatic carbocycles. The molecular formula is C24H27ClN4O2S2. The van der Waals surface area contributed by atoms with E-state index in [1.165, 1.54) is 22.2 Å². The van der Waals surface area contributed by atoms with Crippen LogP contribution in [0.4, 0.5) is 5.69 Å². The predicted molar refractivity (Wildman–Crippen MR) is 138 cm³/mol. The minimum atomic E-state index is -0.337. The number of rotatable bonds is 11. The SMILES string of the molecule is C=CCn1c(CSc2ccc(C)cc2)nnc1SC(CC)C(=O)Nc1ccc(OC)c(Cl)c1. The van der Waals surface area contributed by atoms with Gasteiger partial charge in [0.15, 0.2) is 5.16 Å². The summed E-state index contributed by atoms with van der Waals surface area (Å²) in [5, 5.41) is 12.5. The standard InChI is InChI=1S/C24H27ClN4O2S2/c1-5-13-29-22(15-32-18-10-7-16(3)8-11-18)27-28-24(29)33-21(6-2)23(30)26-17-9-12-20(31-4)19(25)14-17/h5,7-12,14,21H,1,6,13,15H2,2-4H3,(H,26,30). The van der Waals surface area contributed by atoms with Gasteiger partial charge >= 0.3 is 0 Å². The smallest absolute Gasteiger partial charge is 0.237 e. The first-order valence-electron chi connectivity index (χ1n) is 10.5. The van der Waals surface area contributed by atoms with Crippen LogP contribution in [0.2, 0.25) is 5.02 Å². The quantitative estimate of drug-likeness (QED) is 0.247. The van der Waals surface area contributed by atoms with Crippen LogP contribution in [0.15, 0.2) is 65.2 Å². The van der Waals surface area contributed by atoms with E-state index < -0.39 is 0 Å². The monoisotopic (exact) mass is 502 g/mol. The minimum absolute atomic E-state index is 0.118. The zero-order chi connectivity index (χ0) is 23.8. The molecule has 0 saturated carbocycles. The summed E-state index contributed by atoms with van der Waals surface area (Å²) in [6.07, 6.45) is 2.45. The number of nitrogens with zero attached hydrogens (tertiary/aromatic N) is 3. The van der Waals surface area contributed by atoms with E-state index in [1.807, 2.05) is 17.6 Å². The zero-order valence-corrected chi connectivity index (χ0v) is 21.3. The third-order valence-electron chi connectivity index (χ3n) is 4.82. The van der Waals surface area contributed by atoms with Gasteiger partial charge in [0.1, 0.15) is 11.6 Å². The molecular weight excluding hydrogens is 476 g/mol. The van der Waals surface area contributed by atoms with Crippen LogP contribution in [0, 0.1) is 6.92 Å². The number of aryl methyl sites for hydroxylation is 1. The van der Waals surface area contributed by atoms with Gasteiger partial charge in [-0.3, -0.25) is 4.79 Å². The molecule has 1 N–H and O–H groups in total. The summed E-state index contributed by atoms with van der Waals surface area (Å²) in [7, 11) is 1.55. The molecule has 6 nitrogen and oxygen atoms in total. The van der Waals surface area contributed by atoms with Gasteiger partial charge in [-0.15, -0.1) is 28.5 Å². The number of benzene rings is 2. The second kappa shape index (κ2) is 12.2. The first-order chi connectivity index (χ1) is 15.9. The highest BCUT2D eigenvalue weighted by atomic mass is 35.5. The van der Waals surface area contributed by atoms with Gasteiger partial charge in [-0.1, -0.05) is 54.1 Å². The fourth-order valence-corrected chi connectivity index (χ4v) is 5.10. The second-order valence-corrected chi connectivity index (χ2v) is 9.88. The van der Waals surface area contributed by atoms with Crippen LogP contribution in [0.3, 0.4) is 0 Å². The Labute approximate surface area is 208 Å². The summed E-state index contributed by atoms with van der Waals surface area (Å²) in [6.45, 7) is 8.48. The Hall–Kier alpha value is -2.42. The molecule has 1 aromatic heterocycles. The summed E-state index contributed by atoms with van der Waals surface area (Å²) in [4.78, 5) is 14.1. The summed E-state index contributed by atoms with van der Waals surface area (Å²) < 4.78 is 7.18. The maximum absolute atomic E-state index is 12.9. The van der Waals surface area contributed by atoms with Gasteiger partial charge in [0.05, 0.1) is 23.1 Å². The first kappa shape index (κ1) is 25.2. The molecule has 0 aliphatic rings. The van der Waals surface area contributed by atoms with Gasteiger partial charge in [-0.05, 0) is 43.7 Å². The number of nitrogens with one attached hydrogen (secondary N) is 1. The normalized spacial score (nSPS) is 11.8.